The molecule has 102 valence electrons. The van der Waals surface area contributed by atoms with E-state index in [2.05, 4.69) is 24.6 Å². The summed E-state index contributed by atoms with van der Waals surface area (Å²) in [6, 6.07) is 9.48. The van der Waals surface area contributed by atoms with Crippen LogP contribution < -0.4 is 5.19 Å². The molecular formula is C16H15ClFNSi. The number of pyridine rings is 1. The van der Waals surface area contributed by atoms with Crippen LogP contribution >= 0.6 is 11.6 Å². The maximum atomic E-state index is 14.8. The number of aromatic nitrogens is 1. The lowest BCUT2D eigenvalue weighted by Crippen LogP contribution is -2.39. The van der Waals surface area contributed by atoms with E-state index >= 15 is 0 Å². The van der Waals surface area contributed by atoms with Gasteiger partial charge in [0.25, 0.3) is 0 Å². The molecule has 0 saturated heterocycles. The van der Waals surface area contributed by atoms with E-state index in [0.29, 0.717) is 10.5 Å². The van der Waals surface area contributed by atoms with Gasteiger partial charge >= 0.3 is 0 Å². The Labute approximate surface area is 123 Å². The van der Waals surface area contributed by atoms with Crippen LogP contribution in [-0.4, -0.2) is 13.1 Å². The minimum Gasteiger partial charge on any atom is -0.244 e. The maximum absolute atomic E-state index is 14.8. The Morgan fingerprint density at radius 2 is 1.50 bits per heavy atom. The fraction of sp³-hybridized carbons (Fsp3) is 0.188. The first kappa shape index (κ1) is 13.5. The average molecular weight is 304 g/mol. The lowest BCUT2D eigenvalue weighted by molar-refractivity contribution is 0.647. The quantitative estimate of drug-likeness (QED) is 0.360. The van der Waals surface area contributed by atoms with Gasteiger partial charge in [0, 0.05) is 17.0 Å². The summed E-state index contributed by atoms with van der Waals surface area (Å²) in [5, 5.41) is 4.69. The summed E-state index contributed by atoms with van der Waals surface area (Å²) in [5.74, 6) is -0.0866. The molecule has 0 aliphatic carbocycles. The highest BCUT2D eigenvalue weighted by Crippen LogP contribution is 2.30. The lowest BCUT2D eigenvalue weighted by Gasteiger charge is -2.19. The number of benzene rings is 2. The molecule has 0 aliphatic heterocycles. The van der Waals surface area contributed by atoms with Crippen LogP contribution in [-0.2, 0) is 0 Å². The topological polar surface area (TPSA) is 12.9 Å². The van der Waals surface area contributed by atoms with Crippen LogP contribution in [0.4, 0.5) is 4.39 Å². The van der Waals surface area contributed by atoms with E-state index in [0.717, 1.165) is 21.3 Å². The Hall–Kier alpha value is -1.45. The minimum atomic E-state index is -1.69. The molecule has 0 fully saturated rings. The summed E-state index contributed by atoms with van der Waals surface area (Å²) in [4.78, 5) is 4.07. The zero-order valence-electron chi connectivity index (χ0n) is 11.7. The van der Waals surface area contributed by atoms with Gasteiger partial charge in [-0.2, -0.15) is 0 Å². The molecule has 0 saturated carbocycles. The molecule has 0 spiro atoms. The van der Waals surface area contributed by atoms with E-state index in [4.69, 9.17) is 11.6 Å². The van der Waals surface area contributed by atoms with Crippen molar-refractivity contribution in [2.45, 2.75) is 19.6 Å². The second kappa shape index (κ2) is 4.54. The standard InChI is InChI=1S/C16H15ClFNSi/c1-20(2,3)14-7-6-10-11-8-9-19-16(17)13(11)5-4-12(10)15(14)18/h4-9H,1-3H3. The number of rotatable bonds is 1. The summed E-state index contributed by atoms with van der Waals surface area (Å²) in [6.45, 7) is 6.46. The van der Waals surface area contributed by atoms with Gasteiger partial charge in [-0.25, -0.2) is 9.37 Å². The molecule has 0 aliphatic rings. The van der Waals surface area contributed by atoms with Crippen molar-refractivity contribution in [3.63, 3.8) is 0 Å². The van der Waals surface area contributed by atoms with Crippen LogP contribution in [0.3, 0.4) is 0 Å². The molecule has 0 atom stereocenters. The summed E-state index contributed by atoms with van der Waals surface area (Å²) < 4.78 is 14.8. The molecule has 0 unspecified atom stereocenters. The number of hydrogen-bond donors (Lipinski definition) is 0. The van der Waals surface area contributed by atoms with Gasteiger partial charge in [0.05, 0.1) is 8.07 Å². The highest BCUT2D eigenvalue weighted by molar-refractivity contribution is 6.88. The molecule has 3 rings (SSSR count). The van der Waals surface area contributed by atoms with Crippen molar-refractivity contribution in [1.82, 2.24) is 4.98 Å². The predicted octanol–water partition coefficient (Wildman–Crippen LogP) is 4.73. The number of hydrogen-bond acceptors (Lipinski definition) is 1. The van der Waals surface area contributed by atoms with Crippen LogP contribution in [0.5, 0.6) is 0 Å². The monoisotopic (exact) mass is 303 g/mol. The van der Waals surface area contributed by atoms with Crippen molar-refractivity contribution in [2.75, 3.05) is 0 Å². The minimum absolute atomic E-state index is 0.0866. The van der Waals surface area contributed by atoms with Gasteiger partial charge in [-0.1, -0.05) is 55.5 Å². The zero-order valence-corrected chi connectivity index (χ0v) is 13.4. The second-order valence-electron chi connectivity index (χ2n) is 6.03. The van der Waals surface area contributed by atoms with Crippen LogP contribution in [0.2, 0.25) is 24.8 Å². The number of halogens is 2. The third-order valence-corrected chi connectivity index (χ3v) is 5.94. The zero-order chi connectivity index (χ0) is 14.5. The highest BCUT2D eigenvalue weighted by Gasteiger charge is 2.22. The molecule has 0 radical (unpaired) electrons. The lowest BCUT2D eigenvalue weighted by atomic mass is 10.0. The maximum Gasteiger partial charge on any atom is 0.136 e. The van der Waals surface area contributed by atoms with Crippen molar-refractivity contribution in [3.05, 3.63) is 47.5 Å². The highest BCUT2D eigenvalue weighted by atomic mass is 35.5. The molecule has 2 aromatic carbocycles. The van der Waals surface area contributed by atoms with Crippen LogP contribution in [0.25, 0.3) is 21.5 Å². The molecule has 1 aromatic heterocycles. The Morgan fingerprint density at radius 3 is 2.20 bits per heavy atom. The fourth-order valence-corrected chi connectivity index (χ4v) is 4.18. The summed E-state index contributed by atoms with van der Waals surface area (Å²) >= 11 is 6.10. The van der Waals surface area contributed by atoms with Gasteiger partial charge in [0.15, 0.2) is 0 Å². The van der Waals surface area contributed by atoms with Crippen LogP contribution in [0.1, 0.15) is 0 Å². The van der Waals surface area contributed by atoms with Crippen molar-refractivity contribution in [3.8, 4) is 0 Å². The smallest absolute Gasteiger partial charge is 0.136 e. The third kappa shape index (κ3) is 2.02. The normalized spacial score (nSPS) is 12.2. The van der Waals surface area contributed by atoms with Gasteiger partial charge in [-0.15, -0.1) is 0 Å². The summed E-state index contributed by atoms with van der Waals surface area (Å²) in [7, 11) is -1.69. The first-order valence-electron chi connectivity index (χ1n) is 6.55. The van der Waals surface area contributed by atoms with Gasteiger partial charge in [0.2, 0.25) is 0 Å². The van der Waals surface area contributed by atoms with Crippen LogP contribution in [0.15, 0.2) is 36.5 Å². The summed E-state index contributed by atoms with van der Waals surface area (Å²) in [6.07, 6.45) is 1.66. The van der Waals surface area contributed by atoms with E-state index in [1.54, 1.807) is 6.20 Å². The fourth-order valence-electron chi connectivity index (χ4n) is 2.58. The average Bonchev–Trinajstić information content (AvgIpc) is 2.38. The molecule has 1 heterocycles. The molecule has 4 heteroatoms. The van der Waals surface area contributed by atoms with Crippen LogP contribution in [0, 0.1) is 5.82 Å². The van der Waals surface area contributed by atoms with Gasteiger partial charge in [0.1, 0.15) is 11.0 Å². The van der Waals surface area contributed by atoms with Gasteiger partial charge in [-0.3, -0.25) is 0 Å². The third-order valence-electron chi connectivity index (χ3n) is 3.64. The first-order valence-corrected chi connectivity index (χ1v) is 10.4. The molecule has 3 aromatic rings. The van der Waals surface area contributed by atoms with Crippen molar-refractivity contribution < 1.29 is 4.39 Å². The van der Waals surface area contributed by atoms with Crippen molar-refractivity contribution >= 4 is 46.4 Å². The van der Waals surface area contributed by atoms with E-state index in [9.17, 15) is 4.39 Å². The van der Waals surface area contributed by atoms with E-state index < -0.39 is 8.07 Å². The second-order valence-corrected chi connectivity index (χ2v) is 11.4. The first-order chi connectivity index (χ1) is 9.39. The molecule has 0 amide bonds. The molecule has 0 bridgehead atoms. The van der Waals surface area contributed by atoms with Crippen molar-refractivity contribution in [2.24, 2.45) is 0 Å². The predicted molar refractivity (Wildman–Crippen MR) is 87.2 cm³/mol. The Balaban J connectivity index is 2.44. The Kier molecular flexibility index (Phi) is 3.07. The van der Waals surface area contributed by atoms with E-state index in [1.165, 1.54) is 0 Å². The van der Waals surface area contributed by atoms with E-state index in [1.807, 2.05) is 30.3 Å². The molecule has 1 nitrogen and oxygen atoms in total. The van der Waals surface area contributed by atoms with Crippen molar-refractivity contribution in [1.29, 1.82) is 0 Å². The largest absolute Gasteiger partial charge is 0.244 e. The number of nitrogens with zero attached hydrogens (tertiary/aromatic N) is 1. The Bertz CT molecular complexity index is 824. The van der Waals surface area contributed by atoms with E-state index in [-0.39, 0.29) is 5.82 Å². The molecular weight excluding hydrogens is 289 g/mol. The summed E-state index contributed by atoms with van der Waals surface area (Å²) in [5.41, 5.74) is 0. The molecule has 20 heavy (non-hydrogen) atoms. The number of fused-ring (bicyclic) bond motifs is 3. The Morgan fingerprint density at radius 1 is 0.900 bits per heavy atom. The van der Waals surface area contributed by atoms with Gasteiger partial charge < -0.3 is 0 Å². The molecule has 0 N–H and O–H groups in total. The van der Waals surface area contributed by atoms with Gasteiger partial charge in [-0.05, 0) is 22.0 Å². The SMILES string of the molecule is C[Si](C)(C)c1ccc2c(ccc3c(Cl)nccc32)c1F.